The molecule has 0 aromatic carbocycles. The van der Waals surface area contributed by atoms with Crippen LogP contribution < -0.4 is 0 Å². The van der Waals surface area contributed by atoms with Gasteiger partial charge in [0.25, 0.3) is 0 Å². The third-order valence-corrected chi connectivity index (χ3v) is 8.83. The molecule has 0 aliphatic carbocycles. The second-order valence-electron chi connectivity index (χ2n) is 13.7. The van der Waals surface area contributed by atoms with Gasteiger partial charge in [0.15, 0.2) is 0 Å². The smallest absolute Gasteiger partial charge is 0.305 e. The summed E-state index contributed by atoms with van der Waals surface area (Å²) < 4.78 is 5.46. The van der Waals surface area contributed by atoms with E-state index in [-0.39, 0.29) is 5.97 Å². The fourth-order valence-corrected chi connectivity index (χ4v) is 5.90. The molecule has 0 amide bonds. The van der Waals surface area contributed by atoms with Crippen molar-refractivity contribution in [3.63, 3.8) is 0 Å². The molecule has 42 heavy (non-hydrogen) atoms. The lowest BCUT2D eigenvalue weighted by atomic mass is 10.0. The minimum absolute atomic E-state index is 0.0242. The van der Waals surface area contributed by atoms with E-state index in [4.69, 9.17) is 4.74 Å². The number of hydrogen-bond acceptors (Lipinski definition) is 2. The van der Waals surface area contributed by atoms with Crippen LogP contribution >= 0.6 is 0 Å². The van der Waals surface area contributed by atoms with Crippen LogP contribution in [0.25, 0.3) is 0 Å². The second-order valence-corrected chi connectivity index (χ2v) is 13.7. The average molecular weight is 591 g/mol. The van der Waals surface area contributed by atoms with Gasteiger partial charge in [0.1, 0.15) is 0 Å². The third kappa shape index (κ3) is 37.2. The Hall–Kier alpha value is -0.790. The number of hydrogen-bond donors (Lipinski definition) is 0. The predicted molar refractivity (Wildman–Crippen MR) is 188 cm³/mol. The molecule has 250 valence electrons. The number of allylic oxidation sites excluding steroid dienone is 2. The largest absolute Gasteiger partial charge is 0.466 e. The molecule has 2 heteroatoms. The Morgan fingerprint density at radius 2 is 0.833 bits per heavy atom. The maximum absolute atomic E-state index is 12.0. The highest BCUT2D eigenvalue weighted by Gasteiger charge is 2.03. The zero-order chi connectivity index (χ0) is 30.6. The first-order chi connectivity index (χ1) is 20.7. The van der Waals surface area contributed by atoms with Gasteiger partial charge in [0.2, 0.25) is 0 Å². The fourth-order valence-electron chi connectivity index (χ4n) is 5.90. The summed E-state index contributed by atoms with van der Waals surface area (Å²) in [5, 5.41) is 0. The normalized spacial score (nSPS) is 11.7. The molecule has 0 atom stereocenters. The molecule has 0 N–H and O–H groups in total. The first-order valence-electron chi connectivity index (χ1n) is 19.5. The Kier molecular flexibility index (Phi) is 35.7. The second kappa shape index (κ2) is 36.4. The lowest BCUT2D eigenvalue weighted by molar-refractivity contribution is -0.143. The lowest BCUT2D eigenvalue weighted by Gasteiger charge is -2.06. The zero-order valence-corrected chi connectivity index (χ0v) is 29.4. The van der Waals surface area contributed by atoms with Crippen LogP contribution in [0.2, 0.25) is 0 Å². The van der Waals surface area contributed by atoms with Crippen LogP contribution in [0.1, 0.15) is 226 Å². The summed E-state index contributed by atoms with van der Waals surface area (Å²) in [7, 11) is 0. The minimum atomic E-state index is 0.0242. The van der Waals surface area contributed by atoms with E-state index in [2.05, 4.69) is 32.9 Å². The Morgan fingerprint density at radius 1 is 0.476 bits per heavy atom. The van der Waals surface area contributed by atoms with Crippen molar-refractivity contribution in [2.45, 2.75) is 226 Å². The maximum atomic E-state index is 12.0. The van der Waals surface area contributed by atoms with E-state index in [1.807, 2.05) is 0 Å². The van der Waals surface area contributed by atoms with Crippen LogP contribution in [-0.2, 0) is 9.53 Å². The monoisotopic (exact) mass is 591 g/mol. The van der Waals surface area contributed by atoms with Gasteiger partial charge >= 0.3 is 5.97 Å². The van der Waals surface area contributed by atoms with Gasteiger partial charge < -0.3 is 4.74 Å². The van der Waals surface area contributed by atoms with E-state index in [1.165, 1.54) is 186 Å². The van der Waals surface area contributed by atoms with Crippen molar-refractivity contribution in [2.24, 2.45) is 5.92 Å². The SMILES string of the molecule is CCCCCCC=CCCCCCCCCCCCC(=O)OCCCCCCCCCCCCCCCCCC(C)C. The first-order valence-corrected chi connectivity index (χ1v) is 19.5. The van der Waals surface area contributed by atoms with Gasteiger partial charge in [-0.3, -0.25) is 4.79 Å². The Morgan fingerprint density at radius 3 is 1.26 bits per heavy atom. The molecule has 0 spiro atoms. The van der Waals surface area contributed by atoms with Crippen molar-refractivity contribution in [1.82, 2.24) is 0 Å². The van der Waals surface area contributed by atoms with E-state index >= 15 is 0 Å². The number of esters is 1. The molecule has 0 unspecified atom stereocenters. The molecule has 0 aromatic heterocycles. The molecule has 0 heterocycles. The molecule has 0 saturated carbocycles. The van der Waals surface area contributed by atoms with Gasteiger partial charge in [0.05, 0.1) is 6.61 Å². The average Bonchev–Trinajstić information content (AvgIpc) is 2.98. The predicted octanol–water partition coefficient (Wildman–Crippen LogP) is 14.2. The number of unbranched alkanes of at least 4 members (excludes halogenated alkanes) is 27. The van der Waals surface area contributed by atoms with Gasteiger partial charge in [-0.05, 0) is 44.4 Å². The van der Waals surface area contributed by atoms with E-state index in [0.29, 0.717) is 13.0 Å². The van der Waals surface area contributed by atoms with Crippen LogP contribution in [-0.4, -0.2) is 12.6 Å². The molecule has 0 bridgehead atoms. The van der Waals surface area contributed by atoms with Crippen molar-refractivity contribution in [3.8, 4) is 0 Å². The molecule has 2 nitrogen and oxygen atoms in total. The van der Waals surface area contributed by atoms with Gasteiger partial charge in [-0.15, -0.1) is 0 Å². The summed E-state index contributed by atoms with van der Waals surface area (Å²) in [6, 6.07) is 0. The molecule has 0 fully saturated rings. The molecule has 0 aliphatic heterocycles. The highest BCUT2D eigenvalue weighted by atomic mass is 16.5. The van der Waals surface area contributed by atoms with E-state index in [1.54, 1.807) is 0 Å². The molecule has 0 saturated heterocycles. The molecule has 0 rings (SSSR count). The van der Waals surface area contributed by atoms with Crippen LogP contribution in [0, 0.1) is 5.92 Å². The molecule has 0 radical (unpaired) electrons. The fraction of sp³-hybridized carbons (Fsp3) is 0.925. The van der Waals surface area contributed by atoms with E-state index in [0.717, 1.165) is 18.8 Å². The highest BCUT2D eigenvalue weighted by molar-refractivity contribution is 5.69. The van der Waals surface area contributed by atoms with Gasteiger partial charge in [-0.1, -0.05) is 193 Å². The summed E-state index contributed by atoms with van der Waals surface area (Å²) in [5.41, 5.74) is 0. The van der Waals surface area contributed by atoms with Gasteiger partial charge in [0, 0.05) is 6.42 Å². The number of ether oxygens (including phenoxy) is 1. The topological polar surface area (TPSA) is 26.3 Å². The maximum Gasteiger partial charge on any atom is 0.305 e. The standard InChI is InChI=1S/C40H78O2/c1-4-5-6-7-8-9-10-11-12-13-16-19-22-25-28-31-34-37-40(41)42-38-35-32-29-26-23-20-17-14-15-18-21-24-27-30-33-36-39(2)3/h9-10,39H,4-8,11-38H2,1-3H3. The summed E-state index contributed by atoms with van der Waals surface area (Å²) in [5.74, 6) is 0.901. The quantitative estimate of drug-likeness (QED) is 0.0417. The Balaban J connectivity index is 3.18. The van der Waals surface area contributed by atoms with Crippen molar-refractivity contribution in [2.75, 3.05) is 6.61 Å². The van der Waals surface area contributed by atoms with Crippen LogP contribution in [0.3, 0.4) is 0 Å². The molecule has 0 aliphatic rings. The summed E-state index contributed by atoms with van der Waals surface area (Å²) in [6.07, 6.45) is 47.1. The number of carbonyl (C=O) groups is 1. The van der Waals surface area contributed by atoms with Crippen molar-refractivity contribution >= 4 is 5.97 Å². The summed E-state index contributed by atoms with van der Waals surface area (Å²) in [6.45, 7) is 7.58. The molecular weight excluding hydrogens is 512 g/mol. The van der Waals surface area contributed by atoms with Gasteiger partial charge in [-0.25, -0.2) is 0 Å². The van der Waals surface area contributed by atoms with Crippen LogP contribution in [0.4, 0.5) is 0 Å². The van der Waals surface area contributed by atoms with Crippen LogP contribution in [0.5, 0.6) is 0 Å². The number of carbonyl (C=O) groups excluding carboxylic acids is 1. The Bertz CT molecular complexity index is 538. The Labute approximate surface area is 266 Å². The number of rotatable bonds is 35. The van der Waals surface area contributed by atoms with E-state index in [9.17, 15) is 4.79 Å². The third-order valence-electron chi connectivity index (χ3n) is 8.83. The summed E-state index contributed by atoms with van der Waals surface area (Å²) >= 11 is 0. The van der Waals surface area contributed by atoms with E-state index < -0.39 is 0 Å². The lowest BCUT2D eigenvalue weighted by Crippen LogP contribution is -2.05. The van der Waals surface area contributed by atoms with Crippen molar-refractivity contribution < 1.29 is 9.53 Å². The van der Waals surface area contributed by atoms with Crippen molar-refractivity contribution in [3.05, 3.63) is 12.2 Å². The first kappa shape index (κ1) is 41.2. The molecule has 0 aromatic rings. The van der Waals surface area contributed by atoms with Crippen LogP contribution in [0.15, 0.2) is 12.2 Å². The zero-order valence-electron chi connectivity index (χ0n) is 29.4. The van der Waals surface area contributed by atoms with Crippen molar-refractivity contribution in [1.29, 1.82) is 0 Å². The molecular formula is C40H78O2. The minimum Gasteiger partial charge on any atom is -0.466 e. The van der Waals surface area contributed by atoms with Gasteiger partial charge in [-0.2, -0.15) is 0 Å². The highest BCUT2D eigenvalue weighted by Crippen LogP contribution is 2.16. The summed E-state index contributed by atoms with van der Waals surface area (Å²) in [4.78, 5) is 12.0.